The minimum atomic E-state index is -0.882. The Labute approximate surface area is 201 Å². The topological polar surface area (TPSA) is 110 Å². The van der Waals surface area contributed by atoms with Crippen LogP contribution in [0, 0.1) is 0 Å². The van der Waals surface area contributed by atoms with E-state index in [1.54, 1.807) is 17.1 Å². The minimum Gasteiger partial charge on any atom is -0.384 e. The second kappa shape index (κ2) is 7.73. The van der Waals surface area contributed by atoms with E-state index in [-0.39, 0.29) is 11.6 Å². The van der Waals surface area contributed by atoms with Gasteiger partial charge in [-0.05, 0) is 80.5 Å². The summed E-state index contributed by atoms with van der Waals surface area (Å²) in [6.07, 6.45) is 8.67. The molecule has 9 nitrogen and oxygen atoms in total. The molecule has 3 aromatic heterocycles. The average Bonchev–Trinajstić information content (AvgIpc) is 3.66. The van der Waals surface area contributed by atoms with Crippen LogP contribution in [-0.4, -0.2) is 36.0 Å². The molecule has 35 heavy (non-hydrogen) atoms. The van der Waals surface area contributed by atoms with Crippen LogP contribution in [0.15, 0.2) is 47.5 Å². The van der Waals surface area contributed by atoms with Crippen molar-refractivity contribution in [2.24, 2.45) is 0 Å². The maximum atomic E-state index is 13.4. The number of hydrogen-bond acceptors (Lipinski definition) is 7. The number of nitrogens with zero attached hydrogens (tertiary/aromatic N) is 5. The fraction of sp³-hybridized carbons (Fsp3) is 0.385. The predicted molar refractivity (Wildman–Crippen MR) is 132 cm³/mol. The standard InChI is InChI=1S/C26H27N7O2/c34-24-21-15-29-25(30-18-3-2-16-6-10-27-14-17(16)12-18)31-23(21)32(33(24)19-4-5-19)20-7-11-28-22(13-20)26(35)8-1-9-26/h2-3,7,11-13,15,19,27,35H,1,4-6,8-10,14H2,(H,29,30,31). The Morgan fingerprint density at radius 3 is 2.80 bits per heavy atom. The Bertz CT molecular complexity index is 1510. The molecule has 2 aliphatic carbocycles. The Morgan fingerprint density at radius 1 is 1.11 bits per heavy atom. The number of hydrogen-bond donors (Lipinski definition) is 3. The Hall–Kier alpha value is -3.56. The van der Waals surface area contributed by atoms with Crippen molar-refractivity contribution in [3.63, 3.8) is 0 Å². The molecule has 7 rings (SSSR count). The van der Waals surface area contributed by atoms with Gasteiger partial charge in [0.25, 0.3) is 5.56 Å². The van der Waals surface area contributed by atoms with Gasteiger partial charge < -0.3 is 15.7 Å². The number of nitrogens with one attached hydrogen (secondary N) is 2. The third kappa shape index (κ3) is 3.45. The van der Waals surface area contributed by atoms with E-state index in [4.69, 9.17) is 4.98 Å². The highest BCUT2D eigenvalue weighted by atomic mass is 16.3. The van der Waals surface area contributed by atoms with Gasteiger partial charge in [-0.15, -0.1) is 0 Å². The van der Waals surface area contributed by atoms with Gasteiger partial charge in [0, 0.05) is 24.6 Å². The summed E-state index contributed by atoms with van der Waals surface area (Å²) < 4.78 is 3.67. The molecule has 2 saturated carbocycles. The summed E-state index contributed by atoms with van der Waals surface area (Å²) >= 11 is 0. The first-order chi connectivity index (χ1) is 17.1. The zero-order valence-corrected chi connectivity index (χ0v) is 19.4. The van der Waals surface area contributed by atoms with Crippen molar-refractivity contribution in [3.8, 4) is 5.69 Å². The Kier molecular flexibility index (Phi) is 4.59. The summed E-state index contributed by atoms with van der Waals surface area (Å²) in [6.45, 7) is 1.86. The summed E-state index contributed by atoms with van der Waals surface area (Å²) in [5, 5.41) is 18.1. The average molecular weight is 470 g/mol. The normalized spacial score (nSPS) is 18.8. The lowest BCUT2D eigenvalue weighted by Crippen LogP contribution is -2.34. The quantitative estimate of drug-likeness (QED) is 0.412. The van der Waals surface area contributed by atoms with Crippen molar-refractivity contribution in [2.45, 2.75) is 56.7 Å². The van der Waals surface area contributed by atoms with Gasteiger partial charge in [-0.25, -0.2) is 14.3 Å². The van der Waals surface area contributed by atoms with E-state index in [2.05, 4.69) is 38.8 Å². The summed E-state index contributed by atoms with van der Waals surface area (Å²) in [4.78, 5) is 27.1. The molecular weight excluding hydrogens is 442 g/mol. The van der Waals surface area contributed by atoms with Crippen molar-refractivity contribution in [3.05, 3.63) is 69.9 Å². The molecule has 3 aliphatic rings. The lowest BCUT2D eigenvalue weighted by molar-refractivity contribution is -0.0426. The second-order valence-electron chi connectivity index (χ2n) is 9.94. The number of anilines is 2. The Morgan fingerprint density at radius 2 is 2.00 bits per heavy atom. The van der Waals surface area contributed by atoms with E-state index in [0.29, 0.717) is 35.5 Å². The lowest BCUT2D eigenvalue weighted by Gasteiger charge is -2.36. The van der Waals surface area contributed by atoms with E-state index >= 15 is 0 Å². The SMILES string of the molecule is O=c1c2cnc(Nc3ccc4c(c3)CNCC4)nc2n(-c2ccnc(C3(O)CCC3)c2)n1C1CC1. The Balaban J connectivity index is 1.33. The molecule has 0 amide bonds. The minimum absolute atomic E-state index is 0.0883. The van der Waals surface area contributed by atoms with E-state index in [1.165, 1.54) is 11.1 Å². The molecule has 9 heteroatoms. The van der Waals surface area contributed by atoms with Crippen molar-refractivity contribution in [1.82, 2.24) is 29.6 Å². The number of fused-ring (bicyclic) bond motifs is 2. The second-order valence-corrected chi connectivity index (χ2v) is 9.94. The van der Waals surface area contributed by atoms with Gasteiger partial charge in [0.2, 0.25) is 5.95 Å². The molecule has 4 aromatic rings. The van der Waals surface area contributed by atoms with Crippen LogP contribution in [0.4, 0.5) is 11.6 Å². The maximum absolute atomic E-state index is 13.4. The summed E-state index contributed by atoms with van der Waals surface area (Å²) in [5.74, 6) is 0.440. The zero-order chi connectivity index (χ0) is 23.6. The van der Waals surface area contributed by atoms with Crippen LogP contribution in [0.1, 0.15) is 55.0 Å². The fourth-order valence-corrected chi connectivity index (χ4v) is 5.22. The molecule has 4 heterocycles. The van der Waals surface area contributed by atoms with Crippen molar-refractivity contribution in [2.75, 3.05) is 11.9 Å². The number of rotatable bonds is 5. The molecule has 0 unspecified atom stereocenters. The number of aliphatic hydroxyl groups is 1. The highest BCUT2D eigenvalue weighted by Crippen LogP contribution is 2.41. The highest BCUT2D eigenvalue weighted by molar-refractivity contribution is 5.77. The summed E-state index contributed by atoms with van der Waals surface area (Å²) in [6, 6.07) is 10.2. The van der Waals surface area contributed by atoms with E-state index in [0.717, 1.165) is 50.1 Å². The first kappa shape index (κ1) is 20.8. The molecule has 178 valence electrons. The molecule has 0 radical (unpaired) electrons. The molecule has 1 aliphatic heterocycles. The van der Waals surface area contributed by atoms with Gasteiger partial charge in [0.1, 0.15) is 11.0 Å². The van der Waals surface area contributed by atoms with Gasteiger partial charge in [0.15, 0.2) is 5.65 Å². The van der Waals surface area contributed by atoms with Crippen LogP contribution in [0.25, 0.3) is 16.7 Å². The van der Waals surface area contributed by atoms with Gasteiger partial charge in [-0.2, -0.15) is 4.98 Å². The molecule has 2 fully saturated rings. The molecule has 0 bridgehead atoms. The molecule has 0 spiro atoms. The summed E-state index contributed by atoms with van der Waals surface area (Å²) in [7, 11) is 0. The maximum Gasteiger partial charge on any atom is 0.278 e. The van der Waals surface area contributed by atoms with Crippen LogP contribution in [0.2, 0.25) is 0 Å². The molecule has 0 atom stereocenters. The van der Waals surface area contributed by atoms with Crippen LogP contribution in [0.5, 0.6) is 0 Å². The predicted octanol–water partition coefficient (Wildman–Crippen LogP) is 3.07. The lowest BCUT2D eigenvalue weighted by atomic mass is 9.77. The van der Waals surface area contributed by atoms with Crippen molar-refractivity contribution >= 4 is 22.7 Å². The smallest absolute Gasteiger partial charge is 0.278 e. The van der Waals surface area contributed by atoms with Crippen molar-refractivity contribution < 1.29 is 5.11 Å². The highest BCUT2D eigenvalue weighted by Gasteiger charge is 2.38. The van der Waals surface area contributed by atoms with Gasteiger partial charge in [0.05, 0.1) is 17.4 Å². The molecular formula is C26H27N7O2. The van der Waals surface area contributed by atoms with Crippen LogP contribution in [-0.2, 0) is 18.6 Å². The number of pyridine rings is 1. The number of benzene rings is 1. The summed E-state index contributed by atoms with van der Waals surface area (Å²) in [5.41, 5.74) is 4.56. The molecule has 3 N–H and O–H groups in total. The van der Waals surface area contributed by atoms with E-state index in [9.17, 15) is 9.90 Å². The van der Waals surface area contributed by atoms with Crippen LogP contribution in [0.3, 0.4) is 0 Å². The molecule has 1 aromatic carbocycles. The van der Waals surface area contributed by atoms with Gasteiger partial charge in [-0.1, -0.05) is 6.07 Å². The van der Waals surface area contributed by atoms with Crippen LogP contribution < -0.4 is 16.2 Å². The third-order valence-corrected chi connectivity index (χ3v) is 7.51. The van der Waals surface area contributed by atoms with Gasteiger partial charge in [-0.3, -0.25) is 9.78 Å². The fourth-order valence-electron chi connectivity index (χ4n) is 5.22. The van der Waals surface area contributed by atoms with E-state index < -0.39 is 5.60 Å². The van der Waals surface area contributed by atoms with E-state index in [1.807, 2.05) is 16.8 Å². The number of aromatic nitrogens is 5. The third-order valence-electron chi connectivity index (χ3n) is 7.51. The molecule has 0 saturated heterocycles. The first-order valence-electron chi connectivity index (χ1n) is 12.4. The largest absolute Gasteiger partial charge is 0.384 e. The zero-order valence-electron chi connectivity index (χ0n) is 19.4. The van der Waals surface area contributed by atoms with Crippen LogP contribution >= 0.6 is 0 Å². The first-order valence-corrected chi connectivity index (χ1v) is 12.4. The van der Waals surface area contributed by atoms with Crippen molar-refractivity contribution in [1.29, 1.82) is 0 Å². The van der Waals surface area contributed by atoms with Gasteiger partial charge >= 0.3 is 0 Å². The monoisotopic (exact) mass is 469 g/mol.